The van der Waals surface area contributed by atoms with E-state index in [4.69, 9.17) is 22.1 Å². The van der Waals surface area contributed by atoms with Crippen molar-refractivity contribution in [3.8, 4) is 5.88 Å². The van der Waals surface area contributed by atoms with Gasteiger partial charge in [0.15, 0.2) is 5.82 Å². The third kappa shape index (κ3) is 1.35. The molecule has 5 heteroatoms. The Bertz CT molecular complexity index is 280. The van der Waals surface area contributed by atoms with E-state index in [2.05, 4.69) is 4.98 Å². The van der Waals surface area contributed by atoms with Gasteiger partial charge in [-0.1, -0.05) is 11.6 Å². The minimum absolute atomic E-state index is 0.00694. The molecule has 0 radical (unpaired) electrons. The van der Waals surface area contributed by atoms with Crippen LogP contribution in [0.2, 0.25) is 5.02 Å². The number of nitrogens with two attached hydrogens (primary N) is 1. The zero-order valence-electron chi connectivity index (χ0n) is 5.77. The fourth-order valence-electron chi connectivity index (χ4n) is 0.604. The zero-order valence-corrected chi connectivity index (χ0v) is 6.52. The van der Waals surface area contributed by atoms with Gasteiger partial charge in [-0.15, -0.1) is 0 Å². The summed E-state index contributed by atoms with van der Waals surface area (Å²) in [6.45, 7) is 0. The van der Waals surface area contributed by atoms with Crippen LogP contribution in [0.5, 0.6) is 5.88 Å². The maximum absolute atomic E-state index is 12.6. The highest BCUT2D eigenvalue weighted by Gasteiger charge is 2.09. The molecule has 1 aromatic heterocycles. The summed E-state index contributed by atoms with van der Waals surface area (Å²) < 4.78 is 17.3. The molecule has 1 heterocycles. The van der Waals surface area contributed by atoms with Crippen LogP contribution in [0.25, 0.3) is 0 Å². The van der Waals surface area contributed by atoms with Gasteiger partial charge in [-0.25, -0.2) is 9.37 Å². The number of nitrogens with zero attached hydrogens (tertiary/aromatic N) is 1. The molecule has 60 valence electrons. The lowest BCUT2D eigenvalue weighted by molar-refractivity contribution is 0.396. The number of aromatic nitrogens is 1. The first-order chi connectivity index (χ1) is 5.16. The molecule has 0 saturated heterocycles. The van der Waals surface area contributed by atoms with E-state index in [0.717, 1.165) is 6.20 Å². The first kappa shape index (κ1) is 8.07. The second-order valence-corrected chi connectivity index (χ2v) is 2.22. The number of rotatable bonds is 1. The SMILES string of the molecule is COc1ncc(F)c(N)c1Cl. The summed E-state index contributed by atoms with van der Waals surface area (Å²) in [5.41, 5.74) is 5.09. The monoisotopic (exact) mass is 176 g/mol. The van der Waals surface area contributed by atoms with Gasteiger partial charge in [0.2, 0.25) is 5.88 Å². The van der Waals surface area contributed by atoms with E-state index in [-0.39, 0.29) is 16.6 Å². The van der Waals surface area contributed by atoms with Crippen molar-refractivity contribution in [2.75, 3.05) is 12.8 Å². The van der Waals surface area contributed by atoms with Crippen LogP contribution in [-0.2, 0) is 0 Å². The maximum Gasteiger partial charge on any atom is 0.234 e. The standard InChI is InChI=1S/C6H6ClFN2O/c1-11-6-4(7)5(9)3(8)2-10-6/h2H,1H3,(H2,9,10). The van der Waals surface area contributed by atoms with E-state index in [1.54, 1.807) is 0 Å². The molecule has 1 aromatic rings. The second-order valence-electron chi connectivity index (χ2n) is 1.84. The first-order valence-corrected chi connectivity index (χ1v) is 3.18. The van der Waals surface area contributed by atoms with Gasteiger partial charge in [0, 0.05) is 0 Å². The molecule has 0 amide bonds. The van der Waals surface area contributed by atoms with Gasteiger partial charge in [0.1, 0.15) is 5.02 Å². The van der Waals surface area contributed by atoms with E-state index in [1.165, 1.54) is 7.11 Å². The van der Waals surface area contributed by atoms with E-state index in [0.29, 0.717) is 0 Å². The molecule has 0 aliphatic rings. The number of halogens is 2. The number of pyridine rings is 1. The molecular weight excluding hydrogens is 171 g/mol. The third-order valence-corrected chi connectivity index (χ3v) is 1.54. The summed E-state index contributed by atoms with van der Waals surface area (Å²) >= 11 is 5.55. The van der Waals surface area contributed by atoms with Crippen molar-refractivity contribution in [1.82, 2.24) is 4.98 Å². The predicted molar refractivity (Wildman–Crippen MR) is 40.2 cm³/mol. The van der Waals surface area contributed by atoms with Crippen molar-refractivity contribution in [3.05, 3.63) is 17.0 Å². The molecule has 0 atom stereocenters. The fraction of sp³-hybridized carbons (Fsp3) is 0.167. The Morgan fingerprint density at radius 3 is 2.91 bits per heavy atom. The van der Waals surface area contributed by atoms with Crippen molar-refractivity contribution < 1.29 is 9.13 Å². The van der Waals surface area contributed by atoms with Crippen molar-refractivity contribution in [3.63, 3.8) is 0 Å². The topological polar surface area (TPSA) is 48.1 Å². The highest BCUT2D eigenvalue weighted by Crippen LogP contribution is 2.28. The van der Waals surface area contributed by atoms with E-state index >= 15 is 0 Å². The molecule has 0 fully saturated rings. The third-order valence-electron chi connectivity index (χ3n) is 1.17. The van der Waals surface area contributed by atoms with Gasteiger partial charge in [-0.3, -0.25) is 0 Å². The summed E-state index contributed by atoms with van der Waals surface area (Å²) in [6.07, 6.45) is 0.958. The van der Waals surface area contributed by atoms with Crippen LogP contribution in [-0.4, -0.2) is 12.1 Å². The molecule has 11 heavy (non-hydrogen) atoms. The number of methoxy groups -OCH3 is 1. The van der Waals surface area contributed by atoms with Gasteiger partial charge in [0.05, 0.1) is 19.0 Å². The molecule has 2 N–H and O–H groups in total. The summed E-state index contributed by atoms with van der Waals surface area (Å²) in [5, 5.41) is 0.00694. The molecule has 0 spiro atoms. The normalized spacial score (nSPS) is 9.73. The van der Waals surface area contributed by atoms with Gasteiger partial charge < -0.3 is 10.5 Å². The van der Waals surface area contributed by atoms with Crippen molar-refractivity contribution in [2.45, 2.75) is 0 Å². The second kappa shape index (κ2) is 2.92. The van der Waals surface area contributed by atoms with Crippen LogP contribution >= 0.6 is 11.6 Å². The average Bonchev–Trinajstić information content (AvgIpc) is 2.01. The van der Waals surface area contributed by atoms with Crippen LogP contribution in [0.4, 0.5) is 10.1 Å². The molecule has 1 rings (SSSR count). The Morgan fingerprint density at radius 1 is 1.73 bits per heavy atom. The molecule has 0 saturated carbocycles. The number of hydrogen-bond acceptors (Lipinski definition) is 3. The number of ether oxygens (including phenoxy) is 1. The van der Waals surface area contributed by atoms with Gasteiger partial charge in [-0.05, 0) is 0 Å². The van der Waals surface area contributed by atoms with Crippen molar-refractivity contribution in [2.24, 2.45) is 0 Å². The van der Waals surface area contributed by atoms with E-state index < -0.39 is 5.82 Å². The molecule has 3 nitrogen and oxygen atoms in total. The zero-order chi connectivity index (χ0) is 8.43. The van der Waals surface area contributed by atoms with Gasteiger partial charge >= 0.3 is 0 Å². The number of anilines is 1. The Hall–Kier alpha value is -1.03. The lowest BCUT2D eigenvalue weighted by Crippen LogP contribution is -1.96. The highest BCUT2D eigenvalue weighted by atomic mass is 35.5. The predicted octanol–water partition coefficient (Wildman–Crippen LogP) is 1.46. The van der Waals surface area contributed by atoms with Crippen molar-refractivity contribution >= 4 is 17.3 Å². The quantitative estimate of drug-likeness (QED) is 0.705. The molecular formula is C6H6ClFN2O. The molecule has 0 unspecified atom stereocenters. The Balaban J connectivity index is 3.25. The number of hydrogen-bond donors (Lipinski definition) is 1. The maximum atomic E-state index is 12.6. The van der Waals surface area contributed by atoms with E-state index in [1.807, 2.05) is 0 Å². The lowest BCUT2D eigenvalue weighted by atomic mass is 10.4. The van der Waals surface area contributed by atoms with Crippen molar-refractivity contribution in [1.29, 1.82) is 0 Å². The smallest absolute Gasteiger partial charge is 0.234 e. The van der Waals surface area contributed by atoms with Crippen LogP contribution in [0, 0.1) is 5.82 Å². The highest BCUT2D eigenvalue weighted by molar-refractivity contribution is 6.34. The fourth-order valence-corrected chi connectivity index (χ4v) is 0.820. The molecule has 0 bridgehead atoms. The molecule has 0 aromatic carbocycles. The van der Waals surface area contributed by atoms with E-state index in [9.17, 15) is 4.39 Å². The van der Waals surface area contributed by atoms with Crippen LogP contribution < -0.4 is 10.5 Å². The van der Waals surface area contributed by atoms with Crippen LogP contribution in [0.15, 0.2) is 6.20 Å². The minimum atomic E-state index is -0.643. The lowest BCUT2D eigenvalue weighted by Gasteiger charge is -2.03. The Morgan fingerprint density at radius 2 is 2.36 bits per heavy atom. The van der Waals surface area contributed by atoms with Crippen LogP contribution in [0.1, 0.15) is 0 Å². The summed E-state index contributed by atoms with van der Waals surface area (Å²) in [5.74, 6) is -0.513. The Labute approximate surface area is 67.9 Å². The van der Waals surface area contributed by atoms with Gasteiger partial charge in [-0.2, -0.15) is 0 Å². The largest absolute Gasteiger partial charge is 0.480 e. The summed E-state index contributed by atoms with van der Waals surface area (Å²) in [6, 6.07) is 0. The molecule has 0 aliphatic carbocycles. The average molecular weight is 177 g/mol. The van der Waals surface area contributed by atoms with Gasteiger partial charge in [0.25, 0.3) is 0 Å². The summed E-state index contributed by atoms with van der Waals surface area (Å²) in [7, 11) is 1.38. The first-order valence-electron chi connectivity index (χ1n) is 2.80. The Kier molecular flexibility index (Phi) is 2.14. The molecule has 0 aliphatic heterocycles. The minimum Gasteiger partial charge on any atom is -0.480 e. The summed E-state index contributed by atoms with van der Waals surface area (Å²) in [4.78, 5) is 3.55. The van der Waals surface area contributed by atoms with Crippen LogP contribution in [0.3, 0.4) is 0 Å². The number of nitrogen functional groups attached to an aromatic ring is 1.